The number of anilines is 4. The standard InChI is InChI=1S/C44H49N11O6/c1-4-18-53-40(58)33-26-45-43(49-38(33)55(53)36-7-5-6-35(47-36)44(2,3)61)46-27-8-10-28(11-9-27)51-21-23-52(24-22-51)29-16-19-50(20-17-29)30-12-13-31-32(25-30)42(60)54(41(31)59)34-14-15-37(56)48-39(34)57/h4-13,25-26,29,34,39,57,61H,1,14-24H2,2-3H3,(H,48,56)(H,45,46,49). The third kappa shape index (κ3) is 7.53. The number of rotatable bonds is 10. The molecule has 4 aliphatic heterocycles. The number of aliphatic hydroxyl groups excluding tert-OH is 1. The third-order valence-electron chi connectivity index (χ3n) is 12.3. The second-order valence-corrected chi connectivity index (χ2v) is 16.6. The lowest BCUT2D eigenvalue weighted by Gasteiger charge is -2.44. The molecular weight excluding hydrogens is 779 g/mol. The van der Waals surface area contributed by atoms with Gasteiger partial charge in [-0.1, -0.05) is 12.1 Å². The van der Waals surface area contributed by atoms with Crippen LogP contribution in [0.1, 0.15) is 65.9 Å². The van der Waals surface area contributed by atoms with Gasteiger partial charge in [-0.25, -0.2) is 19.3 Å². The van der Waals surface area contributed by atoms with Crippen molar-refractivity contribution in [3.63, 3.8) is 0 Å². The molecule has 0 radical (unpaired) electrons. The number of nitrogens with zero attached hydrogens (tertiary/aromatic N) is 9. The van der Waals surface area contributed by atoms with Crippen LogP contribution < -0.4 is 26.0 Å². The number of aliphatic hydroxyl groups is 2. The maximum absolute atomic E-state index is 13.4. The van der Waals surface area contributed by atoms with Crippen LogP contribution in [-0.2, 0) is 16.9 Å². The first-order valence-electron chi connectivity index (χ1n) is 20.8. The van der Waals surface area contributed by atoms with E-state index in [1.54, 1.807) is 54.9 Å². The summed E-state index contributed by atoms with van der Waals surface area (Å²) in [7, 11) is 0. The Morgan fingerprint density at radius 3 is 2.28 bits per heavy atom. The van der Waals surface area contributed by atoms with Crippen LogP contribution >= 0.6 is 0 Å². The molecule has 4 aliphatic rings. The Labute approximate surface area is 351 Å². The number of pyridine rings is 1. The summed E-state index contributed by atoms with van der Waals surface area (Å²) in [6.45, 7) is 12.7. The molecule has 3 fully saturated rings. The summed E-state index contributed by atoms with van der Waals surface area (Å²) >= 11 is 0. The van der Waals surface area contributed by atoms with E-state index in [-0.39, 0.29) is 30.9 Å². The number of benzene rings is 2. The molecule has 7 heterocycles. The first-order chi connectivity index (χ1) is 29.4. The van der Waals surface area contributed by atoms with E-state index < -0.39 is 29.7 Å². The highest BCUT2D eigenvalue weighted by Gasteiger charge is 2.44. The number of aromatic nitrogens is 5. The van der Waals surface area contributed by atoms with Gasteiger partial charge in [0.05, 0.1) is 29.4 Å². The number of allylic oxidation sites excluding steroid dienone is 1. The molecule has 0 spiro atoms. The normalized spacial score (nSPS) is 20.3. The van der Waals surface area contributed by atoms with Crippen molar-refractivity contribution < 1.29 is 24.6 Å². The number of nitrogens with one attached hydrogen (secondary N) is 2. The van der Waals surface area contributed by atoms with E-state index in [0.717, 1.165) is 74.1 Å². The Kier molecular flexibility index (Phi) is 10.4. The SMILES string of the molecule is C=CCn1c(=O)c2cnc(Nc3ccc(N4CCN(C5CCN(c6ccc7c(c6)C(=O)N(C6CCC(=O)NC6O)C7=O)CC5)CC4)cc3)nc2n1-c1cccc(C(C)(C)O)n1. The molecule has 3 saturated heterocycles. The number of hydrogen-bond acceptors (Lipinski definition) is 13. The molecule has 17 heteroatoms. The van der Waals surface area contributed by atoms with Crippen molar-refractivity contribution in [2.75, 3.05) is 54.4 Å². The zero-order valence-corrected chi connectivity index (χ0v) is 34.2. The molecule has 9 rings (SSSR count). The summed E-state index contributed by atoms with van der Waals surface area (Å²) in [6, 6.07) is 18.5. The molecule has 2 aromatic carbocycles. The molecule has 3 aromatic heterocycles. The van der Waals surface area contributed by atoms with Crippen molar-refractivity contribution in [3.8, 4) is 5.82 Å². The Morgan fingerprint density at radius 2 is 1.57 bits per heavy atom. The number of carbonyl (C=O) groups excluding carboxylic acids is 3. The fourth-order valence-corrected chi connectivity index (χ4v) is 9.00. The summed E-state index contributed by atoms with van der Waals surface area (Å²) in [5.41, 5.74) is 2.88. The second kappa shape index (κ2) is 15.9. The van der Waals surface area contributed by atoms with Gasteiger partial charge in [-0.2, -0.15) is 4.98 Å². The average Bonchev–Trinajstić information content (AvgIpc) is 3.68. The van der Waals surface area contributed by atoms with E-state index in [1.165, 1.54) is 10.9 Å². The van der Waals surface area contributed by atoms with Crippen LogP contribution in [0.5, 0.6) is 0 Å². The minimum Gasteiger partial charge on any atom is -0.384 e. The molecule has 61 heavy (non-hydrogen) atoms. The van der Waals surface area contributed by atoms with Crippen molar-refractivity contribution in [3.05, 3.63) is 107 Å². The van der Waals surface area contributed by atoms with Crippen molar-refractivity contribution in [2.24, 2.45) is 0 Å². The predicted molar refractivity (Wildman–Crippen MR) is 229 cm³/mol. The highest BCUT2D eigenvalue weighted by molar-refractivity contribution is 6.22. The molecule has 17 nitrogen and oxygen atoms in total. The second-order valence-electron chi connectivity index (χ2n) is 16.6. The van der Waals surface area contributed by atoms with Gasteiger partial charge in [0.1, 0.15) is 17.2 Å². The lowest BCUT2D eigenvalue weighted by molar-refractivity contribution is -0.129. The molecule has 5 aromatic rings. The van der Waals surface area contributed by atoms with Gasteiger partial charge in [0, 0.05) is 75.0 Å². The summed E-state index contributed by atoms with van der Waals surface area (Å²) in [6.07, 6.45) is 4.21. The first kappa shape index (κ1) is 40.0. The quantitative estimate of drug-likeness (QED) is 0.119. The third-order valence-corrected chi connectivity index (χ3v) is 12.3. The molecule has 3 amide bonds. The van der Waals surface area contributed by atoms with Crippen molar-refractivity contribution in [1.82, 2.24) is 39.4 Å². The number of imide groups is 1. The zero-order chi connectivity index (χ0) is 42.6. The largest absolute Gasteiger partial charge is 0.384 e. The van der Waals surface area contributed by atoms with E-state index in [1.807, 2.05) is 18.2 Å². The van der Waals surface area contributed by atoms with Crippen LogP contribution in [0.2, 0.25) is 0 Å². The number of piperidine rings is 2. The first-order valence-corrected chi connectivity index (χ1v) is 20.8. The van der Waals surface area contributed by atoms with Crippen molar-refractivity contribution in [2.45, 2.75) is 70.0 Å². The monoisotopic (exact) mass is 827 g/mol. The van der Waals surface area contributed by atoms with Gasteiger partial charge in [0.15, 0.2) is 11.5 Å². The van der Waals surface area contributed by atoms with Crippen LogP contribution in [0.15, 0.2) is 84.3 Å². The molecule has 0 bridgehead atoms. The fourth-order valence-electron chi connectivity index (χ4n) is 9.00. The molecule has 2 atom stereocenters. The Balaban J connectivity index is 0.805. The van der Waals surface area contributed by atoms with E-state index in [9.17, 15) is 29.4 Å². The summed E-state index contributed by atoms with van der Waals surface area (Å²) in [5, 5.41) is 27.1. The topological polar surface area (TPSA) is 194 Å². The Morgan fingerprint density at radius 1 is 0.869 bits per heavy atom. The van der Waals surface area contributed by atoms with Crippen LogP contribution in [0.25, 0.3) is 16.9 Å². The average molecular weight is 828 g/mol. The molecule has 2 unspecified atom stereocenters. The number of amides is 3. The number of hydrogen-bond donors (Lipinski definition) is 4. The minimum absolute atomic E-state index is 0.146. The van der Waals surface area contributed by atoms with E-state index in [2.05, 4.69) is 54.0 Å². The fraction of sp³-hybridized carbons (Fsp3) is 0.386. The summed E-state index contributed by atoms with van der Waals surface area (Å²) in [5.74, 6) is -0.403. The van der Waals surface area contributed by atoms with Crippen molar-refractivity contribution in [1.29, 1.82) is 0 Å². The van der Waals surface area contributed by atoms with Crippen LogP contribution in [0, 0.1) is 0 Å². The van der Waals surface area contributed by atoms with Crippen molar-refractivity contribution >= 4 is 51.8 Å². The highest BCUT2D eigenvalue weighted by atomic mass is 16.3. The smallest absolute Gasteiger partial charge is 0.278 e. The van der Waals surface area contributed by atoms with E-state index in [0.29, 0.717) is 45.7 Å². The van der Waals surface area contributed by atoms with Gasteiger partial charge in [-0.15, -0.1) is 6.58 Å². The number of carbonyl (C=O) groups is 3. The molecule has 0 aliphatic carbocycles. The molecule has 0 saturated carbocycles. The van der Waals surface area contributed by atoms with Gasteiger partial charge in [-0.3, -0.25) is 29.0 Å². The lowest BCUT2D eigenvalue weighted by atomic mass is 10.0. The van der Waals surface area contributed by atoms with Gasteiger partial charge in [-0.05, 0) is 87.7 Å². The minimum atomic E-state index is -1.28. The van der Waals surface area contributed by atoms with Crippen LogP contribution in [0.4, 0.5) is 23.0 Å². The van der Waals surface area contributed by atoms with E-state index >= 15 is 0 Å². The Bertz CT molecular complexity index is 2580. The summed E-state index contributed by atoms with van der Waals surface area (Å²) in [4.78, 5) is 74.0. The maximum atomic E-state index is 13.4. The van der Waals surface area contributed by atoms with Crippen LogP contribution in [0.3, 0.4) is 0 Å². The van der Waals surface area contributed by atoms with E-state index in [4.69, 9.17) is 4.98 Å². The number of piperazine rings is 1. The summed E-state index contributed by atoms with van der Waals surface area (Å²) < 4.78 is 3.14. The molecular formula is C44H49N11O6. The zero-order valence-electron chi connectivity index (χ0n) is 34.2. The van der Waals surface area contributed by atoms with Crippen LogP contribution in [-0.4, -0.2) is 120 Å². The highest BCUT2D eigenvalue weighted by Crippen LogP contribution is 2.33. The number of fused-ring (bicyclic) bond motifs is 2. The maximum Gasteiger partial charge on any atom is 0.278 e. The van der Waals surface area contributed by atoms with Gasteiger partial charge in [0.25, 0.3) is 17.4 Å². The molecule has 4 N–H and O–H groups in total. The predicted octanol–water partition coefficient (Wildman–Crippen LogP) is 3.12. The van der Waals surface area contributed by atoms with Gasteiger partial charge < -0.3 is 30.6 Å². The molecule has 316 valence electrons. The van der Waals surface area contributed by atoms with Gasteiger partial charge in [0.2, 0.25) is 11.9 Å². The Hall–Kier alpha value is -6.43. The van der Waals surface area contributed by atoms with Gasteiger partial charge >= 0.3 is 0 Å². The lowest BCUT2D eigenvalue weighted by Crippen LogP contribution is -2.57.